The van der Waals surface area contributed by atoms with Crippen molar-refractivity contribution in [2.45, 2.75) is 39.2 Å². The van der Waals surface area contributed by atoms with E-state index >= 15 is 0 Å². The molecule has 0 saturated carbocycles. The molecule has 0 atom stereocenters. The standard InChI is InChI=1S/C23H30N4O6/c1-23(2,3)33-22(32)25-13-18(28)24-12-15-8-10-26(11-9-15)19(29)14-27-20(30)16-6-4-5-7-17(16)21(27)31/h4-7,15H,8-14H2,1-3H3,(H,24,28)(H,25,32). The van der Waals surface area contributed by atoms with Gasteiger partial charge in [0.1, 0.15) is 12.1 Å². The Kier molecular flexibility index (Phi) is 7.35. The van der Waals surface area contributed by atoms with E-state index in [0.717, 1.165) is 4.90 Å². The number of hydrogen-bond donors (Lipinski definition) is 2. The fraction of sp³-hybridized carbons (Fsp3) is 0.522. The van der Waals surface area contributed by atoms with Crippen molar-refractivity contribution in [3.63, 3.8) is 0 Å². The summed E-state index contributed by atoms with van der Waals surface area (Å²) in [6.45, 7) is 6.18. The maximum Gasteiger partial charge on any atom is 0.408 e. The zero-order chi connectivity index (χ0) is 24.2. The Morgan fingerprint density at radius 1 is 1.00 bits per heavy atom. The topological polar surface area (TPSA) is 125 Å². The summed E-state index contributed by atoms with van der Waals surface area (Å²) >= 11 is 0. The van der Waals surface area contributed by atoms with Crippen molar-refractivity contribution in [1.82, 2.24) is 20.4 Å². The molecule has 1 aromatic rings. The van der Waals surface area contributed by atoms with E-state index in [1.54, 1.807) is 49.9 Å². The Morgan fingerprint density at radius 3 is 2.12 bits per heavy atom. The van der Waals surface area contributed by atoms with Gasteiger partial charge in [0.15, 0.2) is 0 Å². The van der Waals surface area contributed by atoms with Gasteiger partial charge in [0.2, 0.25) is 11.8 Å². The number of benzene rings is 1. The fourth-order valence-corrected chi connectivity index (χ4v) is 3.79. The summed E-state index contributed by atoms with van der Waals surface area (Å²) in [6, 6.07) is 6.55. The molecule has 2 aliphatic heterocycles. The van der Waals surface area contributed by atoms with Crippen LogP contribution in [0.5, 0.6) is 0 Å². The van der Waals surface area contributed by atoms with Crippen LogP contribution in [-0.4, -0.2) is 77.8 Å². The van der Waals surface area contributed by atoms with Gasteiger partial charge in [0, 0.05) is 19.6 Å². The maximum absolute atomic E-state index is 12.7. The Balaban J connectivity index is 1.37. The van der Waals surface area contributed by atoms with Crippen LogP contribution >= 0.6 is 0 Å². The Labute approximate surface area is 192 Å². The largest absolute Gasteiger partial charge is 0.444 e. The van der Waals surface area contributed by atoms with Crippen molar-refractivity contribution in [3.8, 4) is 0 Å². The number of likely N-dealkylation sites (tertiary alicyclic amines) is 1. The normalized spacial score (nSPS) is 16.5. The van der Waals surface area contributed by atoms with Crippen LogP contribution in [0.2, 0.25) is 0 Å². The fourth-order valence-electron chi connectivity index (χ4n) is 3.79. The third-order valence-electron chi connectivity index (χ3n) is 5.52. The van der Waals surface area contributed by atoms with E-state index in [2.05, 4.69) is 10.6 Å². The number of piperidine rings is 1. The van der Waals surface area contributed by atoms with Gasteiger partial charge in [0.05, 0.1) is 17.7 Å². The second-order valence-corrected chi connectivity index (χ2v) is 9.23. The van der Waals surface area contributed by atoms with E-state index in [0.29, 0.717) is 43.6 Å². The van der Waals surface area contributed by atoms with Gasteiger partial charge in [-0.15, -0.1) is 0 Å². The van der Waals surface area contributed by atoms with Gasteiger partial charge in [-0.25, -0.2) is 4.79 Å². The molecular formula is C23H30N4O6. The van der Waals surface area contributed by atoms with Crippen LogP contribution in [0, 0.1) is 5.92 Å². The minimum atomic E-state index is -0.650. The van der Waals surface area contributed by atoms with Crippen molar-refractivity contribution in [1.29, 1.82) is 0 Å². The van der Waals surface area contributed by atoms with Crippen LogP contribution in [0.15, 0.2) is 24.3 Å². The number of carbonyl (C=O) groups excluding carboxylic acids is 5. The smallest absolute Gasteiger partial charge is 0.408 e. The zero-order valence-electron chi connectivity index (χ0n) is 19.2. The Hall–Kier alpha value is -3.43. The van der Waals surface area contributed by atoms with Gasteiger partial charge in [-0.1, -0.05) is 12.1 Å². The minimum Gasteiger partial charge on any atom is -0.444 e. The molecule has 2 aliphatic rings. The highest BCUT2D eigenvalue weighted by Crippen LogP contribution is 2.23. The van der Waals surface area contributed by atoms with Crippen molar-refractivity contribution < 1.29 is 28.7 Å². The first-order valence-electron chi connectivity index (χ1n) is 11.0. The number of carbonyl (C=O) groups is 5. The highest BCUT2D eigenvalue weighted by atomic mass is 16.6. The molecule has 10 heteroatoms. The lowest BCUT2D eigenvalue weighted by Crippen LogP contribution is -2.47. The number of nitrogens with zero attached hydrogens (tertiary/aromatic N) is 2. The molecule has 2 heterocycles. The van der Waals surface area contributed by atoms with Gasteiger partial charge >= 0.3 is 6.09 Å². The van der Waals surface area contributed by atoms with E-state index in [-0.39, 0.29) is 30.8 Å². The van der Waals surface area contributed by atoms with E-state index in [1.165, 1.54) is 0 Å². The van der Waals surface area contributed by atoms with Crippen LogP contribution in [0.4, 0.5) is 4.79 Å². The summed E-state index contributed by atoms with van der Waals surface area (Å²) in [4.78, 5) is 63.8. The molecule has 33 heavy (non-hydrogen) atoms. The number of nitrogens with one attached hydrogen (secondary N) is 2. The minimum absolute atomic E-state index is 0.174. The average molecular weight is 459 g/mol. The lowest BCUT2D eigenvalue weighted by atomic mass is 9.96. The van der Waals surface area contributed by atoms with E-state index in [4.69, 9.17) is 4.74 Å². The number of imide groups is 1. The summed E-state index contributed by atoms with van der Waals surface area (Å²) < 4.78 is 5.08. The van der Waals surface area contributed by atoms with E-state index in [9.17, 15) is 24.0 Å². The maximum atomic E-state index is 12.7. The molecule has 5 amide bonds. The molecule has 1 saturated heterocycles. The third kappa shape index (κ3) is 6.30. The number of amides is 5. The number of alkyl carbamates (subject to hydrolysis) is 1. The first kappa shape index (κ1) is 24.2. The Morgan fingerprint density at radius 2 is 1.58 bits per heavy atom. The molecule has 0 spiro atoms. The van der Waals surface area contributed by atoms with Gasteiger partial charge in [-0.2, -0.15) is 0 Å². The second-order valence-electron chi connectivity index (χ2n) is 9.23. The first-order valence-corrected chi connectivity index (χ1v) is 11.0. The Bertz CT molecular complexity index is 912. The van der Waals surface area contributed by atoms with Crippen LogP contribution in [0.3, 0.4) is 0 Å². The highest BCUT2D eigenvalue weighted by molar-refractivity contribution is 6.22. The predicted molar refractivity (Wildman–Crippen MR) is 118 cm³/mol. The van der Waals surface area contributed by atoms with Crippen LogP contribution < -0.4 is 10.6 Å². The molecule has 0 bridgehead atoms. The summed E-state index contributed by atoms with van der Waals surface area (Å²) in [5, 5.41) is 5.20. The average Bonchev–Trinajstić information content (AvgIpc) is 3.00. The van der Waals surface area contributed by atoms with E-state index < -0.39 is 23.5 Å². The molecule has 3 rings (SSSR count). The highest BCUT2D eigenvalue weighted by Gasteiger charge is 2.37. The van der Waals surface area contributed by atoms with Crippen LogP contribution in [-0.2, 0) is 14.3 Å². The first-order chi connectivity index (χ1) is 15.5. The van der Waals surface area contributed by atoms with Crippen LogP contribution in [0.1, 0.15) is 54.3 Å². The molecule has 0 aromatic heterocycles. The molecule has 178 valence electrons. The molecule has 0 aliphatic carbocycles. The van der Waals surface area contributed by atoms with E-state index in [1.807, 2.05) is 0 Å². The summed E-state index contributed by atoms with van der Waals surface area (Å²) in [7, 11) is 0. The monoisotopic (exact) mass is 458 g/mol. The lowest BCUT2D eigenvalue weighted by Gasteiger charge is -2.32. The molecule has 2 N–H and O–H groups in total. The van der Waals surface area contributed by atoms with Gasteiger partial charge in [-0.3, -0.25) is 24.1 Å². The number of ether oxygens (including phenoxy) is 1. The molecule has 0 unspecified atom stereocenters. The summed E-state index contributed by atoms with van der Waals surface area (Å²) in [5.41, 5.74) is 0.0162. The lowest BCUT2D eigenvalue weighted by molar-refractivity contribution is -0.133. The van der Waals surface area contributed by atoms with Crippen molar-refractivity contribution in [2.75, 3.05) is 32.7 Å². The van der Waals surface area contributed by atoms with Crippen molar-refractivity contribution >= 4 is 29.7 Å². The van der Waals surface area contributed by atoms with Crippen molar-refractivity contribution in [3.05, 3.63) is 35.4 Å². The zero-order valence-corrected chi connectivity index (χ0v) is 19.2. The van der Waals surface area contributed by atoms with Crippen LogP contribution in [0.25, 0.3) is 0 Å². The number of fused-ring (bicyclic) bond motifs is 1. The molecule has 0 radical (unpaired) electrons. The summed E-state index contributed by atoms with van der Waals surface area (Å²) in [6.07, 6.45) is 0.726. The number of hydrogen-bond acceptors (Lipinski definition) is 6. The second kappa shape index (κ2) is 10.0. The molecule has 10 nitrogen and oxygen atoms in total. The molecule has 1 fully saturated rings. The summed E-state index contributed by atoms with van der Waals surface area (Å²) in [5.74, 6) is -1.28. The number of rotatable bonds is 6. The molecule has 1 aromatic carbocycles. The van der Waals surface area contributed by atoms with Gasteiger partial charge in [0.25, 0.3) is 11.8 Å². The van der Waals surface area contributed by atoms with Gasteiger partial charge in [-0.05, 0) is 51.7 Å². The molecular weight excluding hydrogens is 428 g/mol. The predicted octanol–water partition coefficient (Wildman–Crippen LogP) is 1.16. The SMILES string of the molecule is CC(C)(C)OC(=O)NCC(=O)NCC1CCN(C(=O)CN2C(=O)c3ccccc3C2=O)CC1. The quantitative estimate of drug-likeness (QED) is 0.617. The van der Waals surface area contributed by atoms with Crippen molar-refractivity contribution in [2.24, 2.45) is 5.92 Å². The van der Waals surface area contributed by atoms with Gasteiger partial charge < -0.3 is 20.3 Å². The third-order valence-corrected chi connectivity index (χ3v) is 5.52.